The lowest BCUT2D eigenvalue weighted by Crippen LogP contribution is -2.34. The zero-order valence-corrected chi connectivity index (χ0v) is 32.1. The molecule has 1 heterocycles. The Kier molecular flexibility index (Phi) is 12.1. The summed E-state index contributed by atoms with van der Waals surface area (Å²) < 4.78 is 10.4. The quantitative estimate of drug-likeness (QED) is 0.0611. The number of anilines is 1. The van der Waals surface area contributed by atoms with E-state index >= 15 is 0 Å². The molecule has 15 heteroatoms. The van der Waals surface area contributed by atoms with Crippen molar-refractivity contribution in [2.24, 2.45) is 5.92 Å². The van der Waals surface area contributed by atoms with Gasteiger partial charge in [0.2, 0.25) is 5.91 Å². The molecule has 2 aliphatic rings. The predicted octanol–water partition coefficient (Wildman–Crippen LogP) is 6.43. The molecule has 59 heavy (non-hydrogen) atoms. The number of carboxylic acids is 2. The summed E-state index contributed by atoms with van der Waals surface area (Å²) >= 11 is 0. The van der Waals surface area contributed by atoms with Crippen molar-refractivity contribution in [2.75, 3.05) is 11.9 Å². The monoisotopic (exact) mass is 804 g/mol. The second kappa shape index (κ2) is 17.2. The van der Waals surface area contributed by atoms with Crippen molar-refractivity contribution < 1.29 is 63.1 Å². The number of fused-ring (bicyclic) bond motifs is 2. The molecule has 3 aromatic carbocycles. The molecule has 15 nitrogen and oxygen atoms in total. The number of Topliss-reactive ketones (excluding diaryl/α,β-unsaturated/α-hetero) is 3. The minimum absolute atomic E-state index is 0.0224. The van der Waals surface area contributed by atoms with E-state index in [1.165, 1.54) is 44.5 Å². The van der Waals surface area contributed by atoms with Gasteiger partial charge in [0.25, 0.3) is 0 Å². The number of ether oxygens (including phenoxy) is 2. The predicted molar refractivity (Wildman–Crippen MR) is 210 cm³/mol. The van der Waals surface area contributed by atoms with Gasteiger partial charge in [-0.3, -0.25) is 19.2 Å². The smallest absolute Gasteiger partial charge is 0.339 e. The Balaban J connectivity index is 1.16. The molecule has 304 valence electrons. The standard InChI is InChI=1S/C44H40N2O13/c1-21(2)43(56)58-20-28(59-44(57)32-16-25(41(52)53)9-12-30(32)42(54)55)19-34(47)22(3)40(51)45-27-11-13-29-31(18-27)39(50)36(38(29)49)37-35(48)17-26-15-24(10-14-33(26)46-37)23-7-5-4-6-8-23/h9-18,22-23,28,36,48H,1,4-8,19-20H2,2-3H3,(H,45,51)(H,52,53)(H,54,55). The van der Waals surface area contributed by atoms with Gasteiger partial charge in [0.05, 0.1) is 28.1 Å². The van der Waals surface area contributed by atoms with Crippen LogP contribution in [0.1, 0.15) is 127 Å². The number of benzene rings is 3. The Hall–Kier alpha value is -7.03. The first-order valence-corrected chi connectivity index (χ1v) is 18.9. The Labute approximate surface area is 337 Å². The summed E-state index contributed by atoms with van der Waals surface area (Å²) in [6.07, 6.45) is 3.45. The Morgan fingerprint density at radius 1 is 0.864 bits per heavy atom. The molecule has 0 saturated heterocycles. The summed E-state index contributed by atoms with van der Waals surface area (Å²) in [5.74, 6) is -10.9. The molecule has 0 aliphatic heterocycles. The van der Waals surface area contributed by atoms with Crippen molar-refractivity contribution in [2.45, 2.75) is 70.3 Å². The third kappa shape index (κ3) is 8.93. The van der Waals surface area contributed by atoms with E-state index < -0.39 is 94.8 Å². The number of hydrogen-bond acceptors (Lipinski definition) is 12. The molecule has 1 saturated carbocycles. The number of hydrogen-bond donors (Lipinski definition) is 4. The molecule has 4 N–H and O–H groups in total. The maximum Gasteiger partial charge on any atom is 0.339 e. The molecule has 3 atom stereocenters. The number of rotatable bonds is 14. The van der Waals surface area contributed by atoms with Gasteiger partial charge < -0.3 is 30.1 Å². The summed E-state index contributed by atoms with van der Waals surface area (Å²) in [5.41, 5.74) is 0.00888. The number of esters is 2. The summed E-state index contributed by atoms with van der Waals surface area (Å²) in [6.45, 7) is 5.34. The van der Waals surface area contributed by atoms with E-state index in [4.69, 9.17) is 9.47 Å². The first-order valence-electron chi connectivity index (χ1n) is 18.9. The summed E-state index contributed by atoms with van der Waals surface area (Å²) in [7, 11) is 0. The minimum atomic E-state index is -1.57. The number of carbonyl (C=O) groups is 8. The second-order valence-corrected chi connectivity index (χ2v) is 14.8. The molecular formula is C44H40N2O13. The molecule has 0 spiro atoms. The summed E-state index contributed by atoms with van der Waals surface area (Å²) in [4.78, 5) is 107. The molecule has 1 aromatic heterocycles. The van der Waals surface area contributed by atoms with Crippen molar-refractivity contribution in [1.82, 2.24) is 4.98 Å². The van der Waals surface area contributed by atoms with Gasteiger partial charge in [0.15, 0.2) is 11.6 Å². The Morgan fingerprint density at radius 2 is 1.58 bits per heavy atom. The molecule has 1 fully saturated rings. The largest absolute Gasteiger partial charge is 0.506 e. The molecule has 2 aliphatic carbocycles. The first-order chi connectivity index (χ1) is 28.0. The number of aromatic nitrogens is 1. The number of amides is 1. The van der Waals surface area contributed by atoms with Gasteiger partial charge in [0, 0.05) is 34.2 Å². The number of carbonyl (C=O) groups excluding carboxylic acids is 6. The van der Waals surface area contributed by atoms with Crippen LogP contribution in [-0.4, -0.2) is 80.1 Å². The average Bonchev–Trinajstić information content (AvgIpc) is 3.46. The van der Waals surface area contributed by atoms with Crippen LogP contribution < -0.4 is 5.32 Å². The normalized spacial score (nSPS) is 16.1. The fourth-order valence-corrected chi connectivity index (χ4v) is 7.29. The van der Waals surface area contributed by atoms with E-state index in [9.17, 15) is 53.7 Å². The SMILES string of the molecule is C=C(C)C(=O)OCC(CC(=O)C(C)C(=O)Nc1ccc2c(c1)C(=O)C(c1nc3ccc(C4CCCCC4)cc3cc1O)C2=O)OC(=O)c1cc(C(=O)O)ccc1C(=O)O. The molecular weight excluding hydrogens is 764 g/mol. The number of nitrogens with zero attached hydrogens (tertiary/aromatic N) is 1. The van der Waals surface area contributed by atoms with Crippen molar-refractivity contribution in [3.8, 4) is 5.75 Å². The van der Waals surface area contributed by atoms with E-state index in [1.807, 2.05) is 18.2 Å². The Bertz CT molecular complexity index is 2460. The van der Waals surface area contributed by atoms with Gasteiger partial charge in [-0.15, -0.1) is 0 Å². The van der Waals surface area contributed by atoms with Crippen LogP contribution in [0.2, 0.25) is 0 Å². The molecule has 4 aromatic rings. The number of carboxylic acid groups (broad SMARTS) is 2. The van der Waals surface area contributed by atoms with E-state index in [1.54, 1.807) is 0 Å². The topological polar surface area (TPSA) is 241 Å². The molecule has 3 unspecified atom stereocenters. The summed E-state index contributed by atoms with van der Waals surface area (Å²) in [6, 6.07) is 14.0. The van der Waals surface area contributed by atoms with Gasteiger partial charge in [0.1, 0.15) is 35.9 Å². The van der Waals surface area contributed by atoms with Gasteiger partial charge >= 0.3 is 23.9 Å². The van der Waals surface area contributed by atoms with Gasteiger partial charge in [-0.25, -0.2) is 24.2 Å². The first kappa shape index (κ1) is 41.6. The second-order valence-electron chi connectivity index (χ2n) is 14.8. The van der Waals surface area contributed by atoms with Crippen LogP contribution in [0.3, 0.4) is 0 Å². The lowest BCUT2D eigenvalue weighted by atomic mass is 9.83. The van der Waals surface area contributed by atoms with Crippen LogP contribution in [0.15, 0.2) is 72.8 Å². The van der Waals surface area contributed by atoms with Crippen LogP contribution in [0, 0.1) is 5.92 Å². The van der Waals surface area contributed by atoms with Crippen LogP contribution >= 0.6 is 0 Å². The van der Waals surface area contributed by atoms with Gasteiger partial charge in [-0.1, -0.05) is 31.9 Å². The zero-order chi connectivity index (χ0) is 42.7. The third-order valence-corrected chi connectivity index (χ3v) is 10.6. The van der Waals surface area contributed by atoms with Crippen molar-refractivity contribution in [3.63, 3.8) is 0 Å². The Morgan fingerprint density at radius 3 is 2.25 bits per heavy atom. The highest BCUT2D eigenvalue weighted by molar-refractivity contribution is 6.30. The molecule has 6 rings (SSSR count). The summed E-state index contributed by atoms with van der Waals surface area (Å²) in [5, 5.41) is 33.2. The zero-order valence-electron chi connectivity index (χ0n) is 32.1. The minimum Gasteiger partial charge on any atom is -0.506 e. The van der Waals surface area contributed by atoms with Crippen molar-refractivity contribution in [3.05, 3.63) is 112 Å². The van der Waals surface area contributed by atoms with E-state index in [0.717, 1.165) is 49.4 Å². The van der Waals surface area contributed by atoms with Gasteiger partial charge in [-0.2, -0.15) is 0 Å². The fraction of sp³-hybridized carbons (Fsp3) is 0.295. The maximum absolute atomic E-state index is 13.7. The third-order valence-electron chi connectivity index (χ3n) is 10.6. The van der Waals surface area contributed by atoms with Crippen molar-refractivity contribution in [1.29, 1.82) is 0 Å². The number of pyridine rings is 1. The van der Waals surface area contributed by atoms with E-state index in [0.29, 0.717) is 16.8 Å². The molecule has 0 radical (unpaired) electrons. The highest BCUT2D eigenvalue weighted by Gasteiger charge is 2.42. The maximum atomic E-state index is 13.7. The van der Waals surface area contributed by atoms with Gasteiger partial charge in [-0.05, 0) is 92.8 Å². The lowest BCUT2D eigenvalue weighted by molar-refractivity contribution is -0.144. The van der Waals surface area contributed by atoms with Crippen LogP contribution in [-0.2, 0) is 23.9 Å². The average molecular weight is 805 g/mol. The lowest BCUT2D eigenvalue weighted by Gasteiger charge is -2.22. The molecule has 1 amide bonds. The van der Waals surface area contributed by atoms with Crippen LogP contribution in [0.25, 0.3) is 10.9 Å². The number of aromatic hydroxyl groups is 1. The fourth-order valence-electron chi connectivity index (χ4n) is 7.29. The number of aromatic carboxylic acids is 2. The highest BCUT2D eigenvalue weighted by Crippen LogP contribution is 2.40. The van der Waals surface area contributed by atoms with Crippen molar-refractivity contribution >= 4 is 63.7 Å². The van der Waals surface area contributed by atoms with E-state index in [2.05, 4.69) is 16.9 Å². The highest BCUT2D eigenvalue weighted by atomic mass is 16.6. The molecule has 0 bridgehead atoms. The van der Waals surface area contributed by atoms with E-state index in [-0.39, 0.29) is 33.8 Å². The van der Waals surface area contributed by atoms with Crippen LogP contribution in [0.4, 0.5) is 5.69 Å². The van der Waals surface area contributed by atoms with Crippen LogP contribution in [0.5, 0.6) is 5.75 Å². The number of nitrogens with one attached hydrogen (secondary N) is 1. The number of ketones is 3.